The van der Waals surface area contributed by atoms with Crippen LogP contribution in [-0.2, 0) is 4.79 Å². The highest BCUT2D eigenvalue weighted by molar-refractivity contribution is 6.32. The van der Waals surface area contributed by atoms with Gasteiger partial charge in [-0.25, -0.2) is 4.98 Å². The number of nitrogens with zero attached hydrogens (tertiary/aromatic N) is 3. The van der Waals surface area contributed by atoms with Crippen molar-refractivity contribution in [2.45, 2.75) is 32.9 Å². The normalized spacial score (nSPS) is 12.2. The molecule has 2 aromatic heterocycles. The Morgan fingerprint density at radius 3 is 2.69 bits per heavy atom. The summed E-state index contributed by atoms with van der Waals surface area (Å²) in [6.07, 6.45) is 1.61. The Morgan fingerprint density at radius 2 is 1.97 bits per heavy atom. The maximum Gasteiger partial charge on any atom is 0.325 e. The minimum absolute atomic E-state index is 0.00655. The topological polar surface area (TPSA) is 110 Å². The standard InChI is InChI=1S/C23H21ClN4O4/c1-12(2)31-19-8-7-14(11-18(19)24)22-27-21(28-32-22)17-6-4-5-16-15(17)9-10-25-20(16)26-13(3)23(29)30/h4-13H,1-3H3,(H,25,26)(H,29,30). The Hall–Kier alpha value is -3.65. The zero-order valence-electron chi connectivity index (χ0n) is 17.7. The van der Waals surface area contributed by atoms with Crippen LogP contribution in [0.25, 0.3) is 33.6 Å². The molecular formula is C23H21ClN4O4. The minimum atomic E-state index is -0.966. The molecule has 0 spiro atoms. The lowest BCUT2D eigenvalue weighted by Crippen LogP contribution is -2.25. The van der Waals surface area contributed by atoms with Crippen molar-refractivity contribution in [3.63, 3.8) is 0 Å². The summed E-state index contributed by atoms with van der Waals surface area (Å²) in [5.74, 6) is 0.804. The second-order valence-corrected chi connectivity index (χ2v) is 7.91. The molecule has 9 heteroatoms. The largest absolute Gasteiger partial charge is 0.489 e. The molecule has 4 rings (SSSR count). The van der Waals surface area contributed by atoms with E-state index in [4.69, 9.17) is 20.9 Å². The van der Waals surface area contributed by atoms with Crippen LogP contribution in [0, 0.1) is 0 Å². The van der Waals surface area contributed by atoms with Gasteiger partial charge in [0, 0.05) is 22.7 Å². The van der Waals surface area contributed by atoms with Gasteiger partial charge in [-0.05, 0) is 50.4 Å². The number of pyridine rings is 1. The molecule has 2 N–H and O–H groups in total. The number of aliphatic carboxylic acids is 1. The summed E-state index contributed by atoms with van der Waals surface area (Å²) in [5, 5.41) is 18.3. The molecule has 2 heterocycles. The van der Waals surface area contributed by atoms with Crippen LogP contribution in [-0.4, -0.2) is 38.3 Å². The molecule has 0 aliphatic heterocycles. The lowest BCUT2D eigenvalue weighted by molar-refractivity contribution is -0.137. The average Bonchev–Trinajstić information content (AvgIpc) is 3.24. The van der Waals surface area contributed by atoms with Gasteiger partial charge in [0.25, 0.3) is 5.89 Å². The third-order valence-corrected chi connectivity index (χ3v) is 5.03. The molecule has 0 fully saturated rings. The van der Waals surface area contributed by atoms with E-state index in [1.54, 1.807) is 25.3 Å². The predicted octanol–water partition coefficient (Wildman–Crippen LogP) is 5.28. The first-order valence-electron chi connectivity index (χ1n) is 10.0. The fourth-order valence-electron chi connectivity index (χ4n) is 3.22. The maximum atomic E-state index is 11.2. The Morgan fingerprint density at radius 1 is 1.16 bits per heavy atom. The number of hydrogen-bond donors (Lipinski definition) is 2. The van der Waals surface area contributed by atoms with Crippen molar-refractivity contribution in [2.24, 2.45) is 0 Å². The van der Waals surface area contributed by atoms with E-state index in [0.29, 0.717) is 33.9 Å². The third kappa shape index (κ3) is 4.36. The number of halogens is 1. The number of carbonyl (C=O) groups is 1. The van der Waals surface area contributed by atoms with E-state index in [-0.39, 0.29) is 6.10 Å². The second kappa shape index (κ2) is 8.84. The van der Waals surface area contributed by atoms with E-state index < -0.39 is 12.0 Å². The van der Waals surface area contributed by atoms with E-state index in [0.717, 1.165) is 16.3 Å². The summed E-state index contributed by atoms with van der Waals surface area (Å²) in [6, 6.07) is 11.9. The van der Waals surface area contributed by atoms with Crippen LogP contribution in [0.15, 0.2) is 53.2 Å². The molecule has 2 aromatic carbocycles. The van der Waals surface area contributed by atoms with Gasteiger partial charge in [-0.15, -0.1) is 0 Å². The van der Waals surface area contributed by atoms with E-state index >= 15 is 0 Å². The third-order valence-electron chi connectivity index (χ3n) is 4.74. The smallest absolute Gasteiger partial charge is 0.325 e. The van der Waals surface area contributed by atoms with Gasteiger partial charge in [-0.1, -0.05) is 35.0 Å². The van der Waals surface area contributed by atoms with Crippen LogP contribution in [0.5, 0.6) is 5.75 Å². The van der Waals surface area contributed by atoms with Crippen molar-refractivity contribution in [3.8, 4) is 28.6 Å². The van der Waals surface area contributed by atoms with Crippen LogP contribution in [0.3, 0.4) is 0 Å². The SMILES string of the molecule is CC(C)Oc1ccc(-c2nc(-c3cccc4c(NC(C)C(=O)O)nccc34)no2)cc1Cl. The zero-order valence-corrected chi connectivity index (χ0v) is 18.4. The number of carboxylic acid groups (broad SMARTS) is 1. The van der Waals surface area contributed by atoms with Gasteiger partial charge in [-0.3, -0.25) is 4.79 Å². The van der Waals surface area contributed by atoms with Crippen LogP contribution in [0.2, 0.25) is 5.02 Å². The highest BCUT2D eigenvalue weighted by atomic mass is 35.5. The van der Waals surface area contributed by atoms with E-state index in [1.807, 2.05) is 44.2 Å². The molecule has 0 amide bonds. The summed E-state index contributed by atoms with van der Waals surface area (Å²) >= 11 is 6.34. The van der Waals surface area contributed by atoms with Crippen LogP contribution in [0.4, 0.5) is 5.82 Å². The van der Waals surface area contributed by atoms with Gasteiger partial charge < -0.3 is 19.7 Å². The number of rotatable bonds is 7. The Labute approximate surface area is 189 Å². The van der Waals surface area contributed by atoms with Crippen molar-refractivity contribution in [1.29, 1.82) is 0 Å². The second-order valence-electron chi connectivity index (χ2n) is 7.50. The average molecular weight is 453 g/mol. The van der Waals surface area contributed by atoms with E-state index in [9.17, 15) is 9.90 Å². The predicted molar refractivity (Wildman–Crippen MR) is 122 cm³/mol. The summed E-state index contributed by atoms with van der Waals surface area (Å²) in [6.45, 7) is 5.41. The Kier molecular flexibility index (Phi) is 5.96. The number of fused-ring (bicyclic) bond motifs is 1. The van der Waals surface area contributed by atoms with Gasteiger partial charge in [0.1, 0.15) is 17.6 Å². The zero-order chi connectivity index (χ0) is 22.8. The van der Waals surface area contributed by atoms with Crippen LogP contribution in [0.1, 0.15) is 20.8 Å². The summed E-state index contributed by atoms with van der Waals surface area (Å²) in [5.41, 5.74) is 1.40. The molecule has 8 nitrogen and oxygen atoms in total. The fraction of sp³-hybridized carbons (Fsp3) is 0.217. The van der Waals surface area contributed by atoms with Crippen molar-refractivity contribution >= 4 is 34.2 Å². The first kappa shape index (κ1) is 21.6. The van der Waals surface area contributed by atoms with Crippen molar-refractivity contribution in [1.82, 2.24) is 15.1 Å². The maximum absolute atomic E-state index is 11.2. The van der Waals surface area contributed by atoms with Gasteiger partial charge in [0.05, 0.1) is 11.1 Å². The molecule has 1 atom stereocenters. The molecule has 0 saturated heterocycles. The monoisotopic (exact) mass is 452 g/mol. The number of benzene rings is 2. The molecule has 0 aliphatic carbocycles. The molecular weight excluding hydrogens is 432 g/mol. The molecule has 0 saturated carbocycles. The highest BCUT2D eigenvalue weighted by Gasteiger charge is 2.17. The molecule has 1 unspecified atom stereocenters. The van der Waals surface area contributed by atoms with Crippen molar-refractivity contribution in [2.75, 3.05) is 5.32 Å². The van der Waals surface area contributed by atoms with Crippen molar-refractivity contribution < 1.29 is 19.2 Å². The lowest BCUT2D eigenvalue weighted by atomic mass is 10.1. The number of nitrogens with one attached hydrogen (secondary N) is 1. The first-order valence-corrected chi connectivity index (χ1v) is 10.4. The summed E-state index contributed by atoms with van der Waals surface area (Å²) < 4.78 is 11.2. The minimum Gasteiger partial charge on any atom is -0.489 e. The first-order chi connectivity index (χ1) is 15.3. The number of carboxylic acids is 1. The van der Waals surface area contributed by atoms with Crippen LogP contribution >= 0.6 is 11.6 Å². The van der Waals surface area contributed by atoms with E-state index in [2.05, 4.69) is 20.4 Å². The quantitative estimate of drug-likeness (QED) is 0.389. The molecule has 0 aliphatic rings. The Bertz CT molecular complexity index is 1290. The lowest BCUT2D eigenvalue weighted by Gasteiger charge is -2.13. The summed E-state index contributed by atoms with van der Waals surface area (Å²) in [4.78, 5) is 20.1. The molecule has 4 aromatic rings. The highest BCUT2D eigenvalue weighted by Crippen LogP contribution is 2.33. The number of aromatic nitrogens is 3. The fourth-order valence-corrected chi connectivity index (χ4v) is 3.44. The van der Waals surface area contributed by atoms with Gasteiger partial charge in [0.2, 0.25) is 5.82 Å². The van der Waals surface area contributed by atoms with Crippen molar-refractivity contribution in [3.05, 3.63) is 53.7 Å². The molecule has 164 valence electrons. The number of ether oxygens (including phenoxy) is 1. The van der Waals surface area contributed by atoms with E-state index in [1.165, 1.54) is 0 Å². The Balaban J connectivity index is 1.69. The number of anilines is 1. The van der Waals surface area contributed by atoms with Gasteiger partial charge >= 0.3 is 5.97 Å². The summed E-state index contributed by atoms with van der Waals surface area (Å²) in [7, 11) is 0. The van der Waals surface area contributed by atoms with Crippen LogP contribution < -0.4 is 10.1 Å². The van der Waals surface area contributed by atoms with Gasteiger partial charge in [-0.2, -0.15) is 4.98 Å². The number of hydrogen-bond acceptors (Lipinski definition) is 7. The molecule has 32 heavy (non-hydrogen) atoms. The molecule has 0 radical (unpaired) electrons. The molecule has 0 bridgehead atoms. The van der Waals surface area contributed by atoms with Gasteiger partial charge in [0.15, 0.2) is 0 Å².